The van der Waals surface area contributed by atoms with Crippen molar-refractivity contribution in [1.29, 1.82) is 0 Å². The summed E-state index contributed by atoms with van der Waals surface area (Å²) in [6.07, 6.45) is 0. The number of aryl methyl sites for hydroxylation is 1. The van der Waals surface area contributed by atoms with Gasteiger partial charge in [-0.2, -0.15) is 5.10 Å². The quantitative estimate of drug-likeness (QED) is 0.571. The van der Waals surface area contributed by atoms with Crippen LogP contribution in [0.4, 0.5) is 19.4 Å². The predicted molar refractivity (Wildman–Crippen MR) is 122 cm³/mol. The number of nitrogens with zero attached hydrogens (tertiary/aromatic N) is 3. The number of urea groups is 1. The van der Waals surface area contributed by atoms with E-state index in [0.29, 0.717) is 37.6 Å². The van der Waals surface area contributed by atoms with Crippen molar-refractivity contribution in [2.45, 2.75) is 12.0 Å². The van der Waals surface area contributed by atoms with E-state index in [9.17, 15) is 13.6 Å². The number of rotatable bonds is 7. The lowest BCUT2D eigenvalue weighted by Crippen LogP contribution is -2.42. The molecule has 1 aliphatic rings. The third kappa shape index (κ3) is 5.37. The molecule has 1 saturated heterocycles. The van der Waals surface area contributed by atoms with E-state index >= 15 is 0 Å². The molecule has 0 saturated carbocycles. The Hall–Kier alpha value is -3.30. The van der Waals surface area contributed by atoms with Crippen LogP contribution in [-0.2, 0) is 11.8 Å². The summed E-state index contributed by atoms with van der Waals surface area (Å²) in [5.41, 5.74) is 2.34. The van der Waals surface area contributed by atoms with Crippen LogP contribution >= 0.6 is 0 Å². The molecule has 0 aliphatic carbocycles. The smallest absolute Gasteiger partial charge is 0.320 e. The first-order valence-corrected chi connectivity index (χ1v) is 10.8. The van der Waals surface area contributed by atoms with Gasteiger partial charge in [0.05, 0.1) is 18.3 Å². The second kappa shape index (κ2) is 10.1. The summed E-state index contributed by atoms with van der Waals surface area (Å²) in [5.74, 6) is -1.42. The lowest BCUT2D eigenvalue weighted by molar-refractivity contribution is 0.159. The van der Waals surface area contributed by atoms with Gasteiger partial charge in [-0.25, -0.2) is 13.6 Å². The number of hydrogen-bond donors (Lipinski definition) is 2. The highest BCUT2D eigenvalue weighted by atomic mass is 19.2. The molecule has 0 radical (unpaired) electrons. The molecule has 2 atom stereocenters. The van der Waals surface area contributed by atoms with Crippen LogP contribution in [0, 0.1) is 11.6 Å². The number of carbonyl (C=O) groups excluding carboxylic acids is 1. The van der Waals surface area contributed by atoms with Crippen LogP contribution < -0.4 is 10.6 Å². The number of halogens is 2. The van der Waals surface area contributed by atoms with Gasteiger partial charge < -0.3 is 10.1 Å². The van der Waals surface area contributed by atoms with Crippen LogP contribution in [0.1, 0.15) is 11.5 Å². The first kappa shape index (κ1) is 22.9. The number of nitrogens with one attached hydrogen (secondary N) is 2. The number of benzene rings is 2. The van der Waals surface area contributed by atoms with Crippen molar-refractivity contribution in [3.05, 3.63) is 71.8 Å². The molecule has 174 valence electrons. The van der Waals surface area contributed by atoms with Crippen molar-refractivity contribution in [1.82, 2.24) is 20.0 Å². The number of anilines is 1. The minimum atomic E-state index is -0.894. The van der Waals surface area contributed by atoms with Crippen molar-refractivity contribution >= 4 is 11.8 Å². The number of amides is 2. The van der Waals surface area contributed by atoms with E-state index in [-0.39, 0.29) is 18.0 Å². The fourth-order valence-corrected chi connectivity index (χ4v) is 4.17. The van der Waals surface area contributed by atoms with Crippen LogP contribution in [0.25, 0.3) is 11.3 Å². The van der Waals surface area contributed by atoms with Gasteiger partial charge in [0.1, 0.15) is 5.82 Å². The fraction of sp³-hybridized carbons (Fsp3) is 0.333. The summed E-state index contributed by atoms with van der Waals surface area (Å²) in [7, 11) is 3.39. The molecule has 1 aromatic heterocycles. The summed E-state index contributed by atoms with van der Waals surface area (Å²) in [6, 6.07) is 14.7. The number of aromatic nitrogens is 2. The first-order valence-electron chi connectivity index (χ1n) is 10.8. The van der Waals surface area contributed by atoms with Gasteiger partial charge in [-0.15, -0.1) is 0 Å². The van der Waals surface area contributed by atoms with E-state index in [1.807, 2.05) is 30.3 Å². The molecule has 1 fully saturated rings. The molecule has 33 heavy (non-hydrogen) atoms. The third-order valence-electron chi connectivity index (χ3n) is 5.89. The SMILES string of the molecule is COCCN1C[C@@H](NC(=O)Nc2cc(-c3ccccc3)nn2C)[C@H](c2ccc(F)c(F)c2)C1. The zero-order valence-corrected chi connectivity index (χ0v) is 18.6. The van der Waals surface area contributed by atoms with Crippen molar-refractivity contribution in [3.8, 4) is 11.3 Å². The number of hydrogen-bond acceptors (Lipinski definition) is 4. The Morgan fingerprint density at radius 3 is 2.64 bits per heavy atom. The van der Waals surface area contributed by atoms with Gasteiger partial charge in [0.2, 0.25) is 0 Å². The Morgan fingerprint density at radius 1 is 1.12 bits per heavy atom. The summed E-state index contributed by atoms with van der Waals surface area (Å²) in [4.78, 5) is 15.0. The first-order chi connectivity index (χ1) is 15.9. The largest absolute Gasteiger partial charge is 0.383 e. The summed E-state index contributed by atoms with van der Waals surface area (Å²) in [5, 5.41) is 10.3. The van der Waals surface area contributed by atoms with Crippen LogP contribution in [-0.4, -0.2) is 60.1 Å². The molecule has 2 aromatic carbocycles. The highest BCUT2D eigenvalue weighted by Crippen LogP contribution is 2.29. The van der Waals surface area contributed by atoms with Crippen molar-refractivity contribution in [3.63, 3.8) is 0 Å². The number of methoxy groups -OCH3 is 1. The standard InChI is InChI=1S/C24H27F2N5O2/c1-30-23(13-21(29-30)16-6-4-3-5-7-16)28-24(32)27-22-15-31(10-11-33-2)14-18(22)17-8-9-19(25)20(26)12-17/h3-9,12-13,18,22H,10-11,14-15H2,1-2H3,(H2,27,28,32)/t18-,22+/m0/s1. The van der Waals surface area contributed by atoms with Crippen LogP contribution in [0.5, 0.6) is 0 Å². The maximum atomic E-state index is 13.9. The highest BCUT2D eigenvalue weighted by molar-refractivity contribution is 5.89. The van der Waals surface area contributed by atoms with Gasteiger partial charge >= 0.3 is 6.03 Å². The van der Waals surface area contributed by atoms with Crippen LogP contribution in [0.2, 0.25) is 0 Å². The molecule has 0 unspecified atom stereocenters. The second-order valence-electron chi connectivity index (χ2n) is 8.14. The van der Waals surface area contributed by atoms with Gasteiger partial charge in [0.15, 0.2) is 11.6 Å². The van der Waals surface area contributed by atoms with E-state index in [4.69, 9.17) is 4.74 Å². The van der Waals surface area contributed by atoms with Gasteiger partial charge in [-0.05, 0) is 17.7 Å². The highest BCUT2D eigenvalue weighted by Gasteiger charge is 2.35. The molecule has 0 spiro atoms. The summed E-state index contributed by atoms with van der Waals surface area (Å²) < 4.78 is 34.1. The van der Waals surface area contributed by atoms with Gasteiger partial charge in [-0.1, -0.05) is 36.4 Å². The number of ether oxygens (including phenoxy) is 1. The number of likely N-dealkylation sites (tertiary alicyclic amines) is 1. The normalized spacial score (nSPS) is 18.4. The van der Waals surface area contributed by atoms with Crippen molar-refractivity contribution < 1.29 is 18.3 Å². The molecule has 9 heteroatoms. The van der Waals surface area contributed by atoms with Gasteiger partial charge in [0.25, 0.3) is 0 Å². The average Bonchev–Trinajstić information content (AvgIpc) is 3.38. The Morgan fingerprint density at radius 2 is 1.91 bits per heavy atom. The van der Waals surface area contributed by atoms with E-state index in [1.165, 1.54) is 6.07 Å². The Labute approximate surface area is 191 Å². The minimum Gasteiger partial charge on any atom is -0.383 e. The van der Waals surface area contributed by atoms with E-state index in [0.717, 1.165) is 17.3 Å². The lowest BCUT2D eigenvalue weighted by atomic mass is 9.94. The molecule has 1 aliphatic heterocycles. The molecule has 2 heterocycles. The molecule has 0 bridgehead atoms. The number of carbonyl (C=O) groups is 1. The maximum absolute atomic E-state index is 13.9. The third-order valence-corrected chi connectivity index (χ3v) is 5.89. The van der Waals surface area contributed by atoms with E-state index < -0.39 is 11.6 Å². The monoisotopic (exact) mass is 455 g/mol. The molecule has 2 N–H and O–H groups in total. The molecule has 2 amide bonds. The minimum absolute atomic E-state index is 0.186. The Balaban J connectivity index is 1.47. The summed E-state index contributed by atoms with van der Waals surface area (Å²) in [6.45, 7) is 2.39. The predicted octanol–water partition coefficient (Wildman–Crippen LogP) is 3.60. The molecule has 3 aromatic rings. The topological polar surface area (TPSA) is 71.4 Å². The van der Waals surface area contributed by atoms with Gasteiger partial charge in [0, 0.05) is 51.3 Å². The average molecular weight is 456 g/mol. The molecule has 4 rings (SSSR count). The zero-order chi connectivity index (χ0) is 23.4. The lowest BCUT2D eigenvalue weighted by Gasteiger charge is -2.20. The Kier molecular flexibility index (Phi) is 7.00. The molecular formula is C24H27F2N5O2. The van der Waals surface area contributed by atoms with E-state index in [1.54, 1.807) is 31.0 Å². The van der Waals surface area contributed by atoms with E-state index in [2.05, 4.69) is 20.6 Å². The maximum Gasteiger partial charge on any atom is 0.320 e. The fourth-order valence-electron chi connectivity index (χ4n) is 4.17. The molecule has 7 nitrogen and oxygen atoms in total. The van der Waals surface area contributed by atoms with Crippen LogP contribution in [0.3, 0.4) is 0 Å². The Bertz CT molecular complexity index is 1110. The van der Waals surface area contributed by atoms with Crippen molar-refractivity contribution in [2.75, 3.05) is 38.7 Å². The van der Waals surface area contributed by atoms with Crippen molar-refractivity contribution in [2.24, 2.45) is 7.05 Å². The summed E-state index contributed by atoms with van der Waals surface area (Å²) >= 11 is 0. The second-order valence-corrected chi connectivity index (χ2v) is 8.14. The zero-order valence-electron chi connectivity index (χ0n) is 18.6. The molecular weight excluding hydrogens is 428 g/mol. The van der Waals surface area contributed by atoms with Gasteiger partial charge in [-0.3, -0.25) is 14.9 Å². The van der Waals surface area contributed by atoms with Crippen LogP contribution in [0.15, 0.2) is 54.6 Å².